The van der Waals surface area contributed by atoms with Crippen LogP contribution in [0.4, 0.5) is 0 Å². The minimum absolute atomic E-state index is 0.336. The Kier molecular flexibility index (Phi) is 2.40. The maximum absolute atomic E-state index is 4.40. The van der Waals surface area contributed by atoms with Gasteiger partial charge in [0.05, 0.1) is 6.33 Å². The van der Waals surface area contributed by atoms with Crippen LogP contribution >= 0.6 is 0 Å². The molecular weight excluding hydrogens is 214 g/mol. The molecule has 5 heteroatoms. The van der Waals surface area contributed by atoms with Gasteiger partial charge < -0.3 is 4.57 Å². The molecule has 1 aliphatic rings. The van der Waals surface area contributed by atoms with Gasteiger partial charge in [-0.25, -0.2) is 15.0 Å². The van der Waals surface area contributed by atoms with Crippen molar-refractivity contribution in [3.63, 3.8) is 0 Å². The standard InChI is InChI=1S/C12H15N5/c1-10-7-12(16-8-10,17-6-5-13-9-17)11-14-3-2-4-15-11/h2-6,9-10,16H,7-8H2,1H3. The zero-order valence-corrected chi connectivity index (χ0v) is 9.74. The number of hydrogen-bond acceptors (Lipinski definition) is 4. The Morgan fingerprint density at radius 2 is 2.18 bits per heavy atom. The van der Waals surface area contributed by atoms with Crippen LogP contribution in [0.5, 0.6) is 0 Å². The van der Waals surface area contributed by atoms with Crippen molar-refractivity contribution in [2.75, 3.05) is 6.54 Å². The summed E-state index contributed by atoms with van der Waals surface area (Å²) in [6.45, 7) is 3.20. The molecule has 5 nitrogen and oxygen atoms in total. The molecule has 0 saturated carbocycles. The van der Waals surface area contributed by atoms with E-state index in [4.69, 9.17) is 0 Å². The predicted octanol–water partition coefficient (Wildman–Crippen LogP) is 1.00. The zero-order valence-electron chi connectivity index (χ0n) is 9.74. The molecule has 1 fully saturated rings. The van der Waals surface area contributed by atoms with Crippen molar-refractivity contribution in [3.05, 3.63) is 43.0 Å². The smallest absolute Gasteiger partial charge is 0.169 e. The molecule has 0 radical (unpaired) electrons. The fourth-order valence-electron chi connectivity index (χ4n) is 2.47. The van der Waals surface area contributed by atoms with Crippen LogP contribution in [-0.4, -0.2) is 26.1 Å². The molecule has 0 aliphatic carbocycles. The molecule has 1 aliphatic heterocycles. The van der Waals surface area contributed by atoms with Gasteiger partial charge in [0.1, 0.15) is 0 Å². The molecule has 2 unspecified atom stereocenters. The summed E-state index contributed by atoms with van der Waals surface area (Å²) in [5.41, 5.74) is -0.336. The highest BCUT2D eigenvalue weighted by Crippen LogP contribution is 2.32. The van der Waals surface area contributed by atoms with E-state index in [9.17, 15) is 0 Å². The van der Waals surface area contributed by atoms with Crippen molar-refractivity contribution in [1.82, 2.24) is 24.8 Å². The zero-order chi connectivity index (χ0) is 11.7. The van der Waals surface area contributed by atoms with Crippen molar-refractivity contribution < 1.29 is 0 Å². The number of hydrogen-bond donors (Lipinski definition) is 1. The summed E-state index contributed by atoms with van der Waals surface area (Å²) >= 11 is 0. The third-order valence-electron chi connectivity index (χ3n) is 3.27. The number of rotatable bonds is 2. The van der Waals surface area contributed by atoms with Gasteiger partial charge in [0.25, 0.3) is 0 Å². The maximum atomic E-state index is 4.40. The largest absolute Gasteiger partial charge is 0.311 e. The Balaban J connectivity index is 2.10. The number of imidazole rings is 1. The highest BCUT2D eigenvalue weighted by molar-refractivity contribution is 5.12. The van der Waals surface area contributed by atoms with Crippen LogP contribution in [0.15, 0.2) is 37.2 Å². The van der Waals surface area contributed by atoms with Crippen LogP contribution in [0.2, 0.25) is 0 Å². The second kappa shape index (κ2) is 3.92. The Morgan fingerprint density at radius 3 is 2.76 bits per heavy atom. The molecule has 2 aromatic heterocycles. The first-order valence-corrected chi connectivity index (χ1v) is 5.82. The monoisotopic (exact) mass is 229 g/mol. The topological polar surface area (TPSA) is 55.6 Å². The lowest BCUT2D eigenvalue weighted by Crippen LogP contribution is -2.44. The molecule has 0 spiro atoms. The van der Waals surface area contributed by atoms with E-state index < -0.39 is 0 Å². The van der Waals surface area contributed by atoms with Crippen LogP contribution < -0.4 is 5.32 Å². The molecule has 0 bridgehead atoms. The summed E-state index contributed by atoms with van der Waals surface area (Å²) < 4.78 is 2.06. The van der Waals surface area contributed by atoms with Gasteiger partial charge in [-0.15, -0.1) is 0 Å². The van der Waals surface area contributed by atoms with E-state index in [0.717, 1.165) is 18.8 Å². The summed E-state index contributed by atoms with van der Waals surface area (Å²) in [4.78, 5) is 12.9. The normalized spacial score (nSPS) is 28.4. The number of nitrogens with one attached hydrogen (secondary N) is 1. The van der Waals surface area contributed by atoms with Gasteiger partial charge in [-0.3, -0.25) is 5.32 Å². The molecule has 88 valence electrons. The van der Waals surface area contributed by atoms with Gasteiger partial charge in [-0.2, -0.15) is 0 Å². The van der Waals surface area contributed by atoms with E-state index in [1.165, 1.54) is 0 Å². The molecule has 0 amide bonds. The Hall–Kier alpha value is -1.75. The second-order valence-corrected chi connectivity index (χ2v) is 4.59. The Morgan fingerprint density at radius 1 is 1.35 bits per heavy atom. The van der Waals surface area contributed by atoms with E-state index in [-0.39, 0.29) is 5.66 Å². The average Bonchev–Trinajstić information content (AvgIpc) is 3.00. The van der Waals surface area contributed by atoms with Crippen LogP contribution in [0, 0.1) is 5.92 Å². The lowest BCUT2D eigenvalue weighted by atomic mass is 10.0. The molecule has 1 saturated heterocycles. The molecule has 2 aromatic rings. The maximum Gasteiger partial charge on any atom is 0.169 e. The lowest BCUT2D eigenvalue weighted by molar-refractivity contribution is 0.294. The van der Waals surface area contributed by atoms with E-state index >= 15 is 0 Å². The molecule has 2 atom stereocenters. The molecule has 17 heavy (non-hydrogen) atoms. The van der Waals surface area contributed by atoms with Gasteiger partial charge in [0.2, 0.25) is 0 Å². The fraction of sp³-hybridized carbons (Fsp3) is 0.417. The van der Waals surface area contributed by atoms with E-state index in [0.29, 0.717) is 5.92 Å². The van der Waals surface area contributed by atoms with Gasteiger partial charge in [-0.1, -0.05) is 6.92 Å². The van der Waals surface area contributed by atoms with Crippen molar-refractivity contribution in [1.29, 1.82) is 0 Å². The van der Waals surface area contributed by atoms with Gasteiger partial charge in [0, 0.05) is 31.3 Å². The summed E-state index contributed by atoms with van der Waals surface area (Å²) in [6.07, 6.45) is 10.1. The third-order valence-corrected chi connectivity index (χ3v) is 3.27. The van der Waals surface area contributed by atoms with Crippen LogP contribution in [0.3, 0.4) is 0 Å². The highest BCUT2D eigenvalue weighted by Gasteiger charge is 2.42. The molecule has 3 heterocycles. The molecular formula is C12H15N5. The number of nitrogens with zero attached hydrogens (tertiary/aromatic N) is 4. The van der Waals surface area contributed by atoms with Gasteiger partial charge in [0.15, 0.2) is 11.5 Å². The van der Waals surface area contributed by atoms with E-state index in [1.54, 1.807) is 18.6 Å². The van der Waals surface area contributed by atoms with Gasteiger partial charge >= 0.3 is 0 Å². The summed E-state index contributed by atoms with van der Waals surface area (Å²) in [6, 6.07) is 1.84. The fourth-order valence-corrected chi connectivity index (χ4v) is 2.47. The first-order chi connectivity index (χ1) is 8.31. The second-order valence-electron chi connectivity index (χ2n) is 4.59. The Bertz CT molecular complexity index is 481. The van der Waals surface area contributed by atoms with Gasteiger partial charge in [-0.05, 0) is 18.4 Å². The van der Waals surface area contributed by atoms with E-state index in [2.05, 4.69) is 31.8 Å². The van der Waals surface area contributed by atoms with Crippen molar-refractivity contribution in [2.24, 2.45) is 5.92 Å². The van der Waals surface area contributed by atoms with Crippen LogP contribution in [0.25, 0.3) is 0 Å². The Labute approximate surface area is 99.9 Å². The first kappa shape index (κ1) is 10.4. The molecule has 0 aromatic carbocycles. The minimum Gasteiger partial charge on any atom is -0.311 e. The summed E-state index contributed by atoms with van der Waals surface area (Å²) in [5.74, 6) is 1.41. The molecule has 1 N–H and O–H groups in total. The van der Waals surface area contributed by atoms with E-state index in [1.807, 2.05) is 18.6 Å². The average molecular weight is 229 g/mol. The summed E-state index contributed by atoms with van der Waals surface area (Å²) in [7, 11) is 0. The first-order valence-electron chi connectivity index (χ1n) is 5.82. The van der Waals surface area contributed by atoms with Crippen molar-refractivity contribution >= 4 is 0 Å². The van der Waals surface area contributed by atoms with Crippen LogP contribution in [-0.2, 0) is 5.66 Å². The van der Waals surface area contributed by atoms with Crippen molar-refractivity contribution in [2.45, 2.75) is 19.0 Å². The van der Waals surface area contributed by atoms with Crippen molar-refractivity contribution in [3.8, 4) is 0 Å². The molecule has 3 rings (SSSR count). The SMILES string of the molecule is CC1CNC(c2ncccn2)(n2ccnc2)C1. The van der Waals surface area contributed by atoms with Crippen LogP contribution in [0.1, 0.15) is 19.2 Å². The quantitative estimate of drug-likeness (QED) is 0.834. The summed E-state index contributed by atoms with van der Waals surface area (Å²) in [5, 5.41) is 3.54. The number of aromatic nitrogens is 4. The lowest BCUT2D eigenvalue weighted by Gasteiger charge is -2.29. The third kappa shape index (κ3) is 1.63. The predicted molar refractivity (Wildman–Crippen MR) is 63.1 cm³/mol. The minimum atomic E-state index is -0.336. The highest BCUT2D eigenvalue weighted by atomic mass is 15.3.